The molecule has 3 aromatic rings. The third-order valence-electron chi connectivity index (χ3n) is 6.34. The summed E-state index contributed by atoms with van der Waals surface area (Å²) in [6.45, 7) is 13.3. The highest BCUT2D eigenvalue weighted by molar-refractivity contribution is 5.92. The van der Waals surface area contributed by atoms with Crippen molar-refractivity contribution in [3.63, 3.8) is 0 Å². The van der Waals surface area contributed by atoms with Crippen molar-refractivity contribution < 1.29 is 9.53 Å². The van der Waals surface area contributed by atoms with Crippen molar-refractivity contribution in [2.75, 3.05) is 33.3 Å². The second kappa shape index (κ2) is 11.3. The van der Waals surface area contributed by atoms with Gasteiger partial charge in [-0.15, -0.1) is 0 Å². The fourth-order valence-corrected chi connectivity index (χ4v) is 4.60. The van der Waals surface area contributed by atoms with Crippen LogP contribution in [0.1, 0.15) is 56.0 Å². The lowest BCUT2D eigenvalue weighted by Gasteiger charge is -2.34. The van der Waals surface area contributed by atoms with E-state index >= 15 is 0 Å². The van der Waals surface area contributed by atoms with Crippen LogP contribution in [-0.4, -0.2) is 74.6 Å². The SMILES string of the molecule is CCCN(C)C(=O)c1cncc(-c2cn(CC3CN(Cc4ccccc4)CCO3)c(C(C)(C)C)n2)n1. The lowest BCUT2D eigenvalue weighted by molar-refractivity contribution is -0.0393. The van der Waals surface area contributed by atoms with Crippen molar-refractivity contribution in [3.05, 3.63) is 66.0 Å². The number of morpholine rings is 1. The van der Waals surface area contributed by atoms with E-state index in [4.69, 9.17) is 9.72 Å². The number of carbonyl (C=O) groups excluding carboxylic acids is 1. The molecule has 1 unspecified atom stereocenters. The van der Waals surface area contributed by atoms with Gasteiger partial charge >= 0.3 is 0 Å². The Balaban J connectivity index is 1.54. The number of ether oxygens (including phenoxy) is 1. The molecule has 0 bridgehead atoms. The van der Waals surface area contributed by atoms with Crippen LogP contribution in [0.2, 0.25) is 0 Å². The number of nitrogens with zero attached hydrogens (tertiary/aromatic N) is 6. The summed E-state index contributed by atoms with van der Waals surface area (Å²) >= 11 is 0. The molecule has 1 aliphatic rings. The quantitative estimate of drug-likeness (QED) is 0.475. The minimum atomic E-state index is -0.168. The van der Waals surface area contributed by atoms with Crippen molar-refractivity contribution >= 4 is 5.91 Å². The van der Waals surface area contributed by atoms with Crippen LogP contribution < -0.4 is 0 Å². The average Bonchev–Trinajstić information content (AvgIpc) is 3.29. The molecule has 192 valence electrons. The van der Waals surface area contributed by atoms with Crippen molar-refractivity contribution in [2.45, 2.75) is 58.7 Å². The molecule has 0 saturated carbocycles. The standard InChI is InChI=1S/C28H38N6O2/c1-6-12-32(5)26(35)24-16-29-15-23(30-24)25-20-34(27(31-25)28(2,3)4)19-22-18-33(13-14-36-22)17-21-10-8-7-9-11-21/h7-11,15-16,20,22H,6,12-14,17-19H2,1-5H3. The summed E-state index contributed by atoms with van der Waals surface area (Å²) in [5.41, 5.74) is 2.81. The molecule has 1 amide bonds. The summed E-state index contributed by atoms with van der Waals surface area (Å²) < 4.78 is 8.35. The number of aromatic nitrogens is 4. The van der Waals surface area contributed by atoms with Crippen LogP contribution in [0.4, 0.5) is 0 Å². The molecule has 0 spiro atoms. The Kier molecular flexibility index (Phi) is 8.16. The van der Waals surface area contributed by atoms with Crippen molar-refractivity contribution in [2.24, 2.45) is 0 Å². The summed E-state index contributed by atoms with van der Waals surface area (Å²) in [5, 5.41) is 0. The topological polar surface area (TPSA) is 76.4 Å². The van der Waals surface area contributed by atoms with Crippen molar-refractivity contribution in [3.8, 4) is 11.4 Å². The van der Waals surface area contributed by atoms with Crippen LogP contribution >= 0.6 is 0 Å². The molecule has 1 aliphatic heterocycles. The van der Waals surface area contributed by atoms with Gasteiger partial charge < -0.3 is 14.2 Å². The molecule has 2 aromatic heterocycles. The zero-order valence-electron chi connectivity index (χ0n) is 22.1. The number of hydrogen-bond donors (Lipinski definition) is 0. The summed E-state index contributed by atoms with van der Waals surface area (Å²) in [4.78, 5) is 30.7. The number of benzene rings is 1. The summed E-state index contributed by atoms with van der Waals surface area (Å²) in [7, 11) is 1.79. The highest BCUT2D eigenvalue weighted by Crippen LogP contribution is 2.26. The molecule has 1 atom stereocenters. The maximum Gasteiger partial charge on any atom is 0.273 e. The smallest absolute Gasteiger partial charge is 0.273 e. The Hall–Kier alpha value is -3.10. The van der Waals surface area contributed by atoms with Gasteiger partial charge in [-0.3, -0.25) is 14.7 Å². The molecule has 36 heavy (non-hydrogen) atoms. The highest BCUT2D eigenvalue weighted by atomic mass is 16.5. The minimum absolute atomic E-state index is 0.0623. The van der Waals surface area contributed by atoms with Gasteiger partial charge in [0, 0.05) is 44.8 Å². The van der Waals surface area contributed by atoms with Gasteiger partial charge in [-0.25, -0.2) is 9.97 Å². The predicted molar refractivity (Wildman–Crippen MR) is 141 cm³/mol. The summed E-state index contributed by atoms with van der Waals surface area (Å²) in [6, 6.07) is 10.6. The van der Waals surface area contributed by atoms with Crippen LogP contribution in [0.5, 0.6) is 0 Å². The van der Waals surface area contributed by atoms with E-state index in [1.807, 2.05) is 13.1 Å². The molecule has 4 rings (SSSR count). The zero-order chi connectivity index (χ0) is 25.7. The number of carbonyl (C=O) groups is 1. The Bertz CT molecular complexity index is 1150. The van der Waals surface area contributed by atoms with Gasteiger partial charge in [0.2, 0.25) is 0 Å². The van der Waals surface area contributed by atoms with Crippen LogP contribution in [0, 0.1) is 0 Å². The fraction of sp³-hybridized carbons (Fsp3) is 0.500. The van der Waals surface area contributed by atoms with E-state index < -0.39 is 0 Å². The lowest BCUT2D eigenvalue weighted by Crippen LogP contribution is -2.44. The van der Waals surface area contributed by atoms with Gasteiger partial charge in [0.05, 0.1) is 31.6 Å². The second-order valence-electron chi connectivity index (χ2n) is 10.6. The fourth-order valence-electron chi connectivity index (χ4n) is 4.60. The highest BCUT2D eigenvalue weighted by Gasteiger charge is 2.27. The third kappa shape index (κ3) is 6.36. The van der Waals surface area contributed by atoms with Gasteiger partial charge in [-0.05, 0) is 12.0 Å². The first-order valence-electron chi connectivity index (χ1n) is 12.8. The first kappa shape index (κ1) is 26.0. The molecular weight excluding hydrogens is 452 g/mol. The Morgan fingerprint density at radius 3 is 2.64 bits per heavy atom. The molecule has 1 saturated heterocycles. The van der Waals surface area contributed by atoms with Crippen molar-refractivity contribution in [1.82, 2.24) is 29.3 Å². The molecule has 3 heterocycles. The largest absolute Gasteiger partial charge is 0.374 e. The molecule has 8 nitrogen and oxygen atoms in total. The first-order chi connectivity index (χ1) is 17.2. The molecular formula is C28H38N6O2. The monoisotopic (exact) mass is 490 g/mol. The normalized spacial score (nSPS) is 16.8. The molecule has 1 fully saturated rings. The summed E-state index contributed by atoms with van der Waals surface area (Å²) in [6.07, 6.45) is 6.17. The molecule has 0 radical (unpaired) electrons. The molecule has 8 heteroatoms. The minimum Gasteiger partial charge on any atom is -0.374 e. The second-order valence-corrected chi connectivity index (χ2v) is 10.6. The zero-order valence-corrected chi connectivity index (χ0v) is 22.1. The van der Waals surface area contributed by atoms with Crippen LogP contribution in [-0.2, 0) is 23.2 Å². The van der Waals surface area contributed by atoms with E-state index in [2.05, 4.69) is 70.5 Å². The van der Waals surface area contributed by atoms with Crippen LogP contribution in [0.3, 0.4) is 0 Å². The van der Waals surface area contributed by atoms with Crippen molar-refractivity contribution in [1.29, 1.82) is 0 Å². The van der Waals surface area contributed by atoms with E-state index in [9.17, 15) is 4.79 Å². The Labute approximate surface area is 214 Å². The van der Waals surface area contributed by atoms with E-state index in [-0.39, 0.29) is 17.4 Å². The number of rotatable bonds is 8. The molecule has 1 aromatic carbocycles. The van der Waals surface area contributed by atoms with E-state index in [1.54, 1.807) is 18.1 Å². The Morgan fingerprint density at radius 2 is 1.92 bits per heavy atom. The van der Waals surface area contributed by atoms with Gasteiger partial charge in [0.1, 0.15) is 22.9 Å². The average molecular weight is 491 g/mol. The van der Waals surface area contributed by atoms with Gasteiger partial charge in [0.25, 0.3) is 5.91 Å². The summed E-state index contributed by atoms with van der Waals surface area (Å²) in [5.74, 6) is 0.832. The third-order valence-corrected chi connectivity index (χ3v) is 6.34. The maximum atomic E-state index is 12.8. The predicted octanol–water partition coefficient (Wildman–Crippen LogP) is 4.02. The maximum absolute atomic E-state index is 12.8. The van der Waals surface area contributed by atoms with Crippen LogP contribution in [0.25, 0.3) is 11.4 Å². The van der Waals surface area contributed by atoms with E-state index in [0.717, 1.165) is 37.6 Å². The Morgan fingerprint density at radius 1 is 1.14 bits per heavy atom. The van der Waals surface area contributed by atoms with Gasteiger partial charge in [-0.1, -0.05) is 58.0 Å². The first-order valence-corrected chi connectivity index (χ1v) is 12.8. The lowest BCUT2D eigenvalue weighted by atomic mass is 9.95. The number of amides is 1. The number of imidazole rings is 1. The molecule has 0 N–H and O–H groups in total. The van der Waals surface area contributed by atoms with E-state index in [1.165, 1.54) is 11.8 Å². The van der Waals surface area contributed by atoms with Crippen LogP contribution in [0.15, 0.2) is 48.9 Å². The van der Waals surface area contributed by atoms with Gasteiger partial charge in [0.15, 0.2) is 0 Å². The molecule has 0 aliphatic carbocycles. The van der Waals surface area contributed by atoms with Gasteiger partial charge in [-0.2, -0.15) is 0 Å². The number of hydrogen-bond acceptors (Lipinski definition) is 6. The van der Waals surface area contributed by atoms with E-state index in [0.29, 0.717) is 31.1 Å².